The van der Waals surface area contributed by atoms with E-state index in [1.54, 1.807) is 6.08 Å². The fraction of sp³-hybridized carbons (Fsp3) is 0.375. The third-order valence-corrected chi connectivity index (χ3v) is 4.75. The van der Waals surface area contributed by atoms with Gasteiger partial charge < -0.3 is 0 Å². The minimum Gasteiger partial charge on any atom is -0.211 e. The van der Waals surface area contributed by atoms with E-state index in [-0.39, 0.29) is 0 Å². The Hall–Kier alpha value is -1.39. The predicted octanol–water partition coefficient (Wildman–Crippen LogP) is 3.41. The normalized spacial score (nSPS) is 11.9. The Morgan fingerprint density at radius 3 is 2.35 bits per heavy atom. The molecule has 1 rings (SSSR count). The Kier molecular flexibility index (Phi) is 6.17. The Morgan fingerprint density at radius 2 is 1.80 bits per heavy atom. The molecule has 0 aliphatic heterocycles. The lowest BCUT2D eigenvalue weighted by molar-refractivity contribution is 0.578. The van der Waals surface area contributed by atoms with E-state index in [9.17, 15) is 8.42 Å². The Labute approximate surface area is 122 Å². The zero-order chi connectivity index (χ0) is 15.2. The van der Waals surface area contributed by atoms with Gasteiger partial charge in [0.1, 0.15) is 0 Å². The van der Waals surface area contributed by atoms with Crippen molar-refractivity contribution in [1.29, 1.82) is 0 Å². The van der Waals surface area contributed by atoms with E-state index in [1.165, 1.54) is 0 Å². The van der Waals surface area contributed by atoms with Crippen molar-refractivity contribution in [2.24, 2.45) is 0 Å². The maximum Gasteiger partial charge on any atom is 0.241 e. The largest absolute Gasteiger partial charge is 0.241 e. The van der Waals surface area contributed by atoms with Crippen LogP contribution in [0, 0.1) is 20.8 Å². The minimum atomic E-state index is -3.43. The van der Waals surface area contributed by atoms with Crippen LogP contribution in [-0.2, 0) is 10.0 Å². The average molecular weight is 293 g/mol. The summed E-state index contributed by atoms with van der Waals surface area (Å²) in [5, 5.41) is 0. The van der Waals surface area contributed by atoms with Gasteiger partial charge in [0, 0.05) is 6.54 Å². The third-order valence-electron chi connectivity index (χ3n) is 2.99. The van der Waals surface area contributed by atoms with Gasteiger partial charge in [-0.3, -0.25) is 0 Å². The highest BCUT2D eigenvalue weighted by atomic mass is 32.2. The van der Waals surface area contributed by atoms with Crippen LogP contribution in [0.5, 0.6) is 0 Å². The first-order valence-corrected chi connectivity index (χ1v) is 8.22. The van der Waals surface area contributed by atoms with Crippen molar-refractivity contribution in [2.75, 3.05) is 6.54 Å². The van der Waals surface area contributed by atoms with Crippen molar-refractivity contribution in [3.63, 3.8) is 0 Å². The minimum absolute atomic E-state index is 0.407. The molecule has 4 heteroatoms. The van der Waals surface area contributed by atoms with Crippen LogP contribution >= 0.6 is 0 Å². The molecule has 0 amide bonds. The highest BCUT2D eigenvalue weighted by molar-refractivity contribution is 7.89. The summed E-state index contributed by atoms with van der Waals surface area (Å²) in [7, 11) is -3.43. The van der Waals surface area contributed by atoms with Crippen molar-refractivity contribution in [1.82, 2.24) is 4.72 Å². The number of benzene rings is 1. The van der Waals surface area contributed by atoms with Crippen molar-refractivity contribution in [3.8, 4) is 0 Å². The predicted molar refractivity (Wildman–Crippen MR) is 84.4 cm³/mol. The number of allylic oxidation sites excluding steroid dienone is 3. The lowest BCUT2D eigenvalue weighted by Gasteiger charge is -2.12. The van der Waals surface area contributed by atoms with Gasteiger partial charge in [0.25, 0.3) is 0 Å². The van der Waals surface area contributed by atoms with Gasteiger partial charge in [-0.2, -0.15) is 0 Å². The van der Waals surface area contributed by atoms with Crippen molar-refractivity contribution in [2.45, 2.75) is 38.5 Å². The molecule has 0 radical (unpaired) electrons. The summed E-state index contributed by atoms with van der Waals surface area (Å²) in [6, 6.07) is 3.79. The molecule has 3 nitrogen and oxygen atoms in total. The topological polar surface area (TPSA) is 46.2 Å². The summed E-state index contributed by atoms with van der Waals surface area (Å²) in [5.74, 6) is 0. The van der Waals surface area contributed by atoms with Crippen molar-refractivity contribution >= 4 is 10.0 Å². The van der Waals surface area contributed by atoms with Gasteiger partial charge >= 0.3 is 0 Å². The Balaban J connectivity index is 2.75. The number of hydrogen-bond donors (Lipinski definition) is 1. The molecule has 0 saturated carbocycles. The first kappa shape index (κ1) is 16.7. The van der Waals surface area contributed by atoms with Gasteiger partial charge in [0.15, 0.2) is 0 Å². The van der Waals surface area contributed by atoms with Gasteiger partial charge in [-0.15, -0.1) is 0 Å². The summed E-state index contributed by atoms with van der Waals surface area (Å²) in [4.78, 5) is 0.407. The Bertz CT molecular complexity index is 578. The van der Waals surface area contributed by atoms with Crippen LogP contribution in [0.25, 0.3) is 0 Å². The molecule has 0 aliphatic rings. The molecule has 20 heavy (non-hydrogen) atoms. The summed E-state index contributed by atoms with van der Waals surface area (Å²) < 4.78 is 27.3. The number of rotatable bonds is 7. The van der Waals surface area contributed by atoms with E-state index < -0.39 is 10.0 Å². The molecule has 0 aliphatic carbocycles. The van der Waals surface area contributed by atoms with Crippen LogP contribution in [0.2, 0.25) is 0 Å². The molecule has 0 bridgehead atoms. The first-order chi connectivity index (χ1) is 9.38. The van der Waals surface area contributed by atoms with Crippen molar-refractivity contribution in [3.05, 3.63) is 53.6 Å². The fourth-order valence-corrected chi connectivity index (χ4v) is 3.80. The van der Waals surface area contributed by atoms with Gasteiger partial charge in [-0.25, -0.2) is 13.1 Å². The second-order valence-electron chi connectivity index (χ2n) is 4.93. The number of nitrogens with one attached hydrogen (secondary N) is 1. The van der Waals surface area contributed by atoms with E-state index in [1.807, 2.05) is 45.1 Å². The Morgan fingerprint density at radius 1 is 1.20 bits per heavy atom. The van der Waals surface area contributed by atoms with Crippen LogP contribution in [-0.4, -0.2) is 15.0 Å². The zero-order valence-electron chi connectivity index (χ0n) is 12.4. The zero-order valence-corrected chi connectivity index (χ0v) is 13.3. The highest BCUT2D eigenvalue weighted by Gasteiger charge is 2.18. The number of aryl methyl sites for hydroxylation is 3. The van der Waals surface area contributed by atoms with E-state index >= 15 is 0 Å². The molecule has 0 spiro atoms. The fourth-order valence-electron chi connectivity index (χ4n) is 2.28. The SMILES string of the molecule is C=C/C=C/CCCNS(=O)(=O)c1c(C)cc(C)cc1C. The third kappa shape index (κ3) is 4.62. The molecular formula is C16H23NO2S. The van der Waals surface area contributed by atoms with Crippen LogP contribution in [0.4, 0.5) is 0 Å². The number of sulfonamides is 1. The molecule has 0 aromatic heterocycles. The average Bonchev–Trinajstić information content (AvgIpc) is 2.31. The molecule has 0 fully saturated rings. The van der Waals surface area contributed by atoms with Crippen LogP contribution < -0.4 is 4.72 Å². The quantitative estimate of drug-likeness (QED) is 0.618. The van der Waals surface area contributed by atoms with Gasteiger partial charge in [0.2, 0.25) is 10.0 Å². The molecular weight excluding hydrogens is 270 g/mol. The van der Waals surface area contributed by atoms with Crippen LogP contribution in [0.3, 0.4) is 0 Å². The highest BCUT2D eigenvalue weighted by Crippen LogP contribution is 2.21. The molecule has 0 saturated heterocycles. The maximum atomic E-state index is 12.3. The van der Waals surface area contributed by atoms with Gasteiger partial charge in [0.05, 0.1) is 4.90 Å². The number of hydrogen-bond acceptors (Lipinski definition) is 2. The molecule has 110 valence electrons. The standard InChI is InChI=1S/C16H23NO2S/c1-5-6-7-8-9-10-17-20(18,19)16-14(3)11-13(2)12-15(16)4/h5-7,11-12,17H,1,8-10H2,2-4H3/b7-6+. The van der Waals surface area contributed by atoms with E-state index in [0.717, 1.165) is 29.5 Å². The summed E-state index contributed by atoms with van der Waals surface area (Å²) >= 11 is 0. The molecule has 1 aromatic carbocycles. The molecule has 0 heterocycles. The van der Waals surface area contributed by atoms with Gasteiger partial charge in [-0.05, 0) is 44.7 Å². The lowest BCUT2D eigenvalue weighted by atomic mass is 10.1. The number of unbranched alkanes of at least 4 members (excludes halogenated alkanes) is 1. The smallest absolute Gasteiger partial charge is 0.211 e. The van der Waals surface area contributed by atoms with Gasteiger partial charge in [-0.1, -0.05) is 42.5 Å². The first-order valence-electron chi connectivity index (χ1n) is 6.73. The van der Waals surface area contributed by atoms with Crippen LogP contribution in [0.1, 0.15) is 29.5 Å². The monoisotopic (exact) mass is 293 g/mol. The summed E-state index contributed by atoms with van der Waals surface area (Å²) in [6.45, 7) is 9.66. The second kappa shape index (κ2) is 7.41. The molecule has 1 aromatic rings. The summed E-state index contributed by atoms with van der Waals surface area (Å²) in [5.41, 5.74) is 2.66. The van der Waals surface area contributed by atoms with E-state index in [0.29, 0.717) is 11.4 Å². The molecule has 1 N–H and O–H groups in total. The van der Waals surface area contributed by atoms with Crippen molar-refractivity contribution < 1.29 is 8.42 Å². The lowest BCUT2D eigenvalue weighted by Crippen LogP contribution is -2.26. The van der Waals surface area contributed by atoms with E-state index in [4.69, 9.17) is 0 Å². The second-order valence-corrected chi connectivity index (χ2v) is 6.64. The summed E-state index contributed by atoms with van der Waals surface area (Å²) in [6.07, 6.45) is 7.16. The van der Waals surface area contributed by atoms with E-state index in [2.05, 4.69) is 11.3 Å². The molecule has 0 atom stereocenters. The molecule has 0 unspecified atom stereocenters. The maximum absolute atomic E-state index is 12.3. The van der Waals surface area contributed by atoms with Crippen LogP contribution in [0.15, 0.2) is 41.8 Å².